The second-order valence-corrected chi connectivity index (χ2v) is 5.46. The highest BCUT2D eigenvalue weighted by molar-refractivity contribution is 5.60. The van der Waals surface area contributed by atoms with Gasteiger partial charge in [-0.05, 0) is 36.4 Å². The third kappa shape index (κ3) is 2.79. The number of nitrogens with zero attached hydrogens (tertiary/aromatic N) is 2. The van der Waals surface area contributed by atoms with Crippen molar-refractivity contribution in [1.82, 2.24) is 4.98 Å². The van der Waals surface area contributed by atoms with Crippen LogP contribution in [0.3, 0.4) is 0 Å². The lowest BCUT2D eigenvalue weighted by atomic mass is 9.88. The number of rotatable bonds is 1. The zero-order chi connectivity index (χ0) is 14.0. The number of hydrogen-bond acceptors (Lipinski definition) is 2. The average molecular weight is 254 g/mol. The van der Waals surface area contributed by atoms with Crippen LogP contribution >= 0.6 is 0 Å². The summed E-state index contributed by atoms with van der Waals surface area (Å²) in [7, 11) is 0. The van der Waals surface area contributed by atoms with E-state index in [-0.39, 0.29) is 11.2 Å². The van der Waals surface area contributed by atoms with Crippen LogP contribution in [0.5, 0.6) is 0 Å². The number of pyridine rings is 1. The minimum atomic E-state index is -0.270. The fourth-order valence-electron chi connectivity index (χ4n) is 1.90. The van der Waals surface area contributed by atoms with Crippen LogP contribution in [0.2, 0.25) is 0 Å². The molecule has 0 spiro atoms. The zero-order valence-electron chi connectivity index (χ0n) is 11.2. The predicted molar refractivity (Wildman–Crippen MR) is 73.0 cm³/mol. The van der Waals surface area contributed by atoms with E-state index in [1.807, 2.05) is 20.8 Å². The van der Waals surface area contributed by atoms with Crippen LogP contribution in [-0.4, -0.2) is 4.98 Å². The molecule has 2 rings (SSSR count). The molecule has 0 atom stereocenters. The highest BCUT2D eigenvalue weighted by Crippen LogP contribution is 2.27. The smallest absolute Gasteiger partial charge is 0.123 e. The van der Waals surface area contributed by atoms with Crippen LogP contribution in [0.15, 0.2) is 36.4 Å². The Bertz CT molecular complexity index is 631. The van der Waals surface area contributed by atoms with Crippen molar-refractivity contribution >= 4 is 0 Å². The average Bonchev–Trinajstić information content (AvgIpc) is 2.38. The summed E-state index contributed by atoms with van der Waals surface area (Å²) in [6.45, 7) is 6.06. The first-order valence-corrected chi connectivity index (χ1v) is 6.09. The molecule has 96 valence electrons. The Morgan fingerprint density at radius 1 is 1.05 bits per heavy atom. The first-order chi connectivity index (χ1) is 8.91. The monoisotopic (exact) mass is 254 g/mol. The fourth-order valence-corrected chi connectivity index (χ4v) is 1.90. The number of aromatic nitrogens is 1. The van der Waals surface area contributed by atoms with Gasteiger partial charge in [-0.3, -0.25) is 4.98 Å². The van der Waals surface area contributed by atoms with Crippen LogP contribution in [0, 0.1) is 17.1 Å². The number of benzene rings is 1. The summed E-state index contributed by atoms with van der Waals surface area (Å²) in [6.07, 6.45) is 0. The standard InChI is InChI=1S/C16H15FN2/c1-16(2,3)15-12(10-18)6-9-14(19-15)11-4-7-13(17)8-5-11/h4-9H,1-3H3. The van der Waals surface area contributed by atoms with Gasteiger partial charge in [0.15, 0.2) is 0 Å². The van der Waals surface area contributed by atoms with Gasteiger partial charge in [-0.25, -0.2) is 4.39 Å². The lowest BCUT2D eigenvalue weighted by Crippen LogP contribution is -2.16. The van der Waals surface area contributed by atoms with Crippen molar-refractivity contribution in [3.8, 4) is 17.3 Å². The molecule has 1 heterocycles. The van der Waals surface area contributed by atoms with Crippen LogP contribution in [0.1, 0.15) is 32.0 Å². The first-order valence-electron chi connectivity index (χ1n) is 6.09. The molecule has 0 bridgehead atoms. The molecular weight excluding hydrogens is 239 g/mol. The number of hydrogen-bond donors (Lipinski definition) is 0. The first kappa shape index (κ1) is 13.2. The molecule has 2 nitrogen and oxygen atoms in total. The lowest BCUT2D eigenvalue weighted by Gasteiger charge is -2.20. The van der Waals surface area contributed by atoms with Crippen LogP contribution in [-0.2, 0) is 5.41 Å². The van der Waals surface area contributed by atoms with Crippen molar-refractivity contribution in [3.63, 3.8) is 0 Å². The van der Waals surface area contributed by atoms with Crippen molar-refractivity contribution in [3.05, 3.63) is 53.5 Å². The van der Waals surface area contributed by atoms with E-state index in [0.29, 0.717) is 5.56 Å². The van der Waals surface area contributed by atoms with Gasteiger partial charge in [0, 0.05) is 11.0 Å². The van der Waals surface area contributed by atoms with Crippen molar-refractivity contribution in [1.29, 1.82) is 5.26 Å². The maximum Gasteiger partial charge on any atom is 0.123 e. The topological polar surface area (TPSA) is 36.7 Å². The summed E-state index contributed by atoms with van der Waals surface area (Å²) < 4.78 is 12.9. The van der Waals surface area contributed by atoms with Gasteiger partial charge in [-0.1, -0.05) is 20.8 Å². The third-order valence-corrected chi connectivity index (χ3v) is 2.87. The minimum Gasteiger partial charge on any atom is -0.251 e. The molecule has 0 aliphatic rings. The molecule has 0 unspecified atom stereocenters. The lowest BCUT2D eigenvalue weighted by molar-refractivity contribution is 0.568. The summed E-state index contributed by atoms with van der Waals surface area (Å²) in [6, 6.07) is 11.9. The Balaban J connectivity index is 2.56. The number of nitriles is 1. The van der Waals surface area contributed by atoms with Crippen LogP contribution in [0.25, 0.3) is 11.3 Å². The van der Waals surface area contributed by atoms with Crippen LogP contribution < -0.4 is 0 Å². The molecule has 0 saturated heterocycles. The Kier molecular flexibility index (Phi) is 3.35. The van der Waals surface area contributed by atoms with Gasteiger partial charge < -0.3 is 0 Å². The van der Waals surface area contributed by atoms with E-state index in [1.54, 1.807) is 24.3 Å². The molecule has 3 heteroatoms. The summed E-state index contributed by atoms with van der Waals surface area (Å²) in [4.78, 5) is 4.57. The molecule has 0 aliphatic heterocycles. The summed E-state index contributed by atoms with van der Waals surface area (Å²) >= 11 is 0. The second-order valence-electron chi connectivity index (χ2n) is 5.46. The summed E-state index contributed by atoms with van der Waals surface area (Å²) in [5.41, 5.74) is 2.73. The second kappa shape index (κ2) is 4.81. The van der Waals surface area contributed by atoms with E-state index >= 15 is 0 Å². The quantitative estimate of drug-likeness (QED) is 0.769. The maximum absolute atomic E-state index is 12.9. The third-order valence-electron chi connectivity index (χ3n) is 2.87. The molecular formula is C16H15FN2. The molecule has 0 radical (unpaired) electrons. The van der Waals surface area contributed by atoms with E-state index in [4.69, 9.17) is 5.26 Å². The van der Waals surface area contributed by atoms with Crippen LogP contribution in [0.4, 0.5) is 4.39 Å². The van der Waals surface area contributed by atoms with Gasteiger partial charge in [0.2, 0.25) is 0 Å². The molecule has 0 aliphatic carbocycles. The molecule has 0 fully saturated rings. The highest BCUT2D eigenvalue weighted by atomic mass is 19.1. The molecule has 0 saturated carbocycles. The largest absolute Gasteiger partial charge is 0.251 e. The normalized spacial score (nSPS) is 11.1. The summed E-state index contributed by atoms with van der Waals surface area (Å²) in [5.74, 6) is -0.270. The van der Waals surface area contributed by atoms with Crippen molar-refractivity contribution in [2.24, 2.45) is 0 Å². The Labute approximate surface area is 112 Å². The van der Waals surface area contributed by atoms with Gasteiger partial charge in [0.25, 0.3) is 0 Å². The van der Waals surface area contributed by atoms with Gasteiger partial charge in [0.05, 0.1) is 17.0 Å². The molecule has 0 N–H and O–H groups in total. The molecule has 0 amide bonds. The minimum absolute atomic E-state index is 0.207. The predicted octanol–water partition coefficient (Wildman–Crippen LogP) is 4.06. The van der Waals surface area contributed by atoms with E-state index in [0.717, 1.165) is 17.0 Å². The zero-order valence-corrected chi connectivity index (χ0v) is 11.2. The number of halogens is 1. The van der Waals surface area contributed by atoms with Crippen molar-refractivity contribution in [2.75, 3.05) is 0 Å². The SMILES string of the molecule is CC(C)(C)c1nc(-c2ccc(F)cc2)ccc1C#N. The van der Waals surface area contributed by atoms with E-state index in [9.17, 15) is 4.39 Å². The van der Waals surface area contributed by atoms with Gasteiger partial charge in [0.1, 0.15) is 11.9 Å². The van der Waals surface area contributed by atoms with Gasteiger partial charge in [-0.15, -0.1) is 0 Å². The highest BCUT2D eigenvalue weighted by Gasteiger charge is 2.20. The Morgan fingerprint density at radius 2 is 1.68 bits per heavy atom. The molecule has 2 aromatic rings. The van der Waals surface area contributed by atoms with Gasteiger partial charge >= 0.3 is 0 Å². The van der Waals surface area contributed by atoms with Crippen molar-refractivity contribution in [2.45, 2.75) is 26.2 Å². The Hall–Kier alpha value is -2.21. The molecule has 19 heavy (non-hydrogen) atoms. The fraction of sp³-hybridized carbons (Fsp3) is 0.250. The van der Waals surface area contributed by atoms with E-state index < -0.39 is 0 Å². The maximum atomic E-state index is 12.9. The van der Waals surface area contributed by atoms with Gasteiger partial charge in [-0.2, -0.15) is 5.26 Å². The van der Waals surface area contributed by atoms with Crippen molar-refractivity contribution < 1.29 is 4.39 Å². The Morgan fingerprint density at radius 3 is 2.21 bits per heavy atom. The summed E-state index contributed by atoms with van der Waals surface area (Å²) in [5, 5.41) is 9.14. The molecule has 1 aromatic carbocycles. The molecule has 1 aromatic heterocycles. The van der Waals surface area contributed by atoms with E-state index in [1.165, 1.54) is 12.1 Å². The van der Waals surface area contributed by atoms with E-state index in [2.05, 4.69) is 11.1 Å².